The summed E-state index contributed by atoms with van der Waals surface area (Å²) in [6.07, 6.45) is -4.04. The van der Waals surface area contributed by atoms with Gasteiger partial charge in [-0.2, -0.15) is 13.2 Å². The van der Waals surface area contributed by atoms with Gasteiger partial charge in [0.1, 0.15) is 5.70 Å². The van der Waals surface area contributed by atoms with Crippen LogP contribution in [-0.4, -0.2) is 36.0 Å². The topological polar surface area (TPSA) is 58.6 Å². The van der Waals surface area contributed by atoms with Gasteiger partial charge in [0.25, 0.3) is 11.8 Å². The van der Waals surface area contributed by atoms with Crippen LogP contribution in [0.4, 0.5) is 18.9 Å². The highest BCUT2D eigenvalue weighted by molar-refractivity contribution is 6.36. The number of alkyl halides is 3. The molecule has 0 spiro atoms. The summed E-state index contributed by atoms with van der Waals surface area (Å²) in [6.45, 7) is 6.20. The molecule has 0 saturated heterocycles. The molecule has 1 aliphatic rings. The van der Waals surface area contributed by atoms with Gasteiger partial charge in [0.2, 0.25) is 0 Å². The Kier molecular flexibility index (Phi) is 7.03. The number of imide groups is 1. The fourth-order valence-electron chi connectivity index (χ4n) is 3.34. The van der Waals surface area contributed by atoms with Crippen molar-refractivity contribution in [2.24, 2.45) is 0 Å². The molecule has 0 unspecified atom stereocenters. The average Bonchev–Trinajstić information content (AvgIpc) is 2.95. The Morgan fingerprint density at radius 1 is 1.03 bits per heavy atom. The monoisotopic (exact) mass is 446 g/mol. The van der Waals surface area contributed by atoms with Crippen LogP contribution in [-0.2, 0) is 20.5 Å². The lowest BCUT2D eigenvalue weighted by atomic mass is 10.0. The van der Waals surface area contributed by atoms with E-state index in [2.05, 4.69) is 5.32 Å². The van der Waals surface area contributed by atoms with E-state index in [-0.39, 0.29) is 29.6 Å². The summed E-state index contributed by atoms with van der Waals surface area (Å²) in [5.41, 5.74) is 0.815. The molecule has 2 aromatic carbocycles. The Bertz CT molecular complexity index is 1030. The molecule has 0 atom stereocenters. The van der Waals surface area contributed by atoms with Gasteiger partial charge in [-0.3, -0.25) is 14.5 Å². The molecule has 0 bridgehead atoms. The molecule has 0 fully saturated rings. The summed E-state index contributed by atoms with van der Waals surface area (Å²) in [4.78, 5) is 27.4. The van der Waals surface area contributed by atoms with Crippen LogP contribution in [0.15, 0.2) is 54.2 Å². The van der Waals surface area contributed by atoms with Crippen molar-refractivity contribution in [1.29, 1.82) is 0 Å². The van der Waals surface area contributed by atoms with Crippen LogP contribution in [0.1, 0.15) is 37.0 Å². The van der Waals surface area contributed by atoms with E-state index in [1.165, 1.54) is 12.1 Å². The molecule has 0 radical (unpaired) electrons. The van der Waals surface area contributed by atoms with Crippen LogP contribution in [0.25, 0.3) is 5.57 Å². The smallest absolute Gasteiger partial charge is 0.379 e. The Labute approximate surface area is 184 Å². The molecule has 0 aromatic heterocycles. The lowest BCUT2D eigenvalue weighted by molar-refractivity contribution is -0.138. The van der Waals surface area contributed by atoms with Gasteiger partial charge in [0.15, 0.2) is 0 Å². The van der Waals surface area contributed by atoms with Gasteiger partial charge in [-0.25, -0.2) is 0 Å². The van der Waals surface area contributed by atoms with Crippen LogP contribution in [0.5, 0.6) is 0 Å². The Hall–Kier alpha value is -3.13. The minimum atomic E-state index is -4.52. The number of amides is 2. The number of rotatable bonds is 8. The summed E-state index contributed by atoms with van der Waals surface area (Å²) in [7, 11) is 0. The van der Waals surface area contributed by atoms with Crippen molar-refractivity contribution in [2.75, 3.05) is 18.5 Å². The Balaban J connectivity index is 1.93. The van der Waals surface area contributed by atoms with E-state index in [0.29, 0.717) is 18.6 Å². The van der Waals surface area contributed by atoms with Crippen LogP contribution < -0.4 is 5.32 Å². The van der Waals surface area contributed by atoms with Crippen LogP contribution in [0.2, 0.25) is 0 Å². The lowest BCUT2D eigenvalue weighted by Crippen LogP contribution is -2.34. The van der Waals surface area contributed by atoms with E-state index in [4.69, 9.17) is 4.74 Å². The minimum absolute atomic E-state index is 0.0272. The third-order valence-electron chi connectivity index (χ3n) is 4.94. The number of halogens is 3. The third-order valence-corrected chi connectivity index (χ3v) is 4.94. The number of hydrogen-bond donors (Lipinski definition) is 1. The molecule has 32 heavy (non-hydrogen) atoms. The number of carbonyl (C=O) groups is 2. The second kappa shape index (κ2) is 9.56. The average molecular weight is 446 g/mol. The fraction of sp³-hybridized carbons (Fsp3) is 0.333. The maximum atomic E-state index is 13.1. The summed E-state index contributed by atoms with van der Waals surface area (Å²) in [5, 5.41) is 2.77. The highest BCUT2D eigenvalue weighted by Crippen LogP contribution is 2.34. The number of aryl methyl sites for hydroxylation is 1. The molecule has 2 aromatic rings. The van der Waals surface area contributed by atoms with Crippen LogP contribution in [0, 0.1) is 6.92 Å². The van der Waals surface area contributed by atoms with Gasteiger partial charge < -0.3 is 10.1 Å². The predicted octanol–water partition coefficient (Wildman–Crippen LogP) is 5.02. The number of nitrogens with one attached hydrogen (secondary N) is 1. The minimum Gasteiger partial charge on any atom is -0.379 e. The van der Waals surface area contributed by atoms with Crippen LogP contribution >= 0.6 is 0 Å². The zero-order chi connectivity index (χ0) is 23.5. The van der Waals surface area contributed by atoms with Crippen molar-refractivity contribution in [3.63, 3.8) is 0 Å². The molecule has 1 N–H and O–H groups in total. The van der Waals surface area contributed by atoms with E-state index in [0.717, 1.165) is 22.6 Å². The summed E-state index contributed by atoms with van der Waals surface area (Å²) in [5.74, 6) is -1.06. The van der Waals surface area contributed by atoms with Crippen LogP contribution in [0.3, 0.4) is 0 Å². The third kappa shape index (κ3) is 5.37. The first kappa shape index (κ1) is 23.5. The summed E-state index contributed by atoms with van der Waals surface area (Å²) < 4.78 is 44.8. The lowest BCUT2D eigenvalue weighted by Gasteiger charge is -2.16. The van der Waals surface area contributed by atoms with Crippen molar-refractivity contribution in [3.8, 4) is 0 Å². The zero-order valence-corrected chi connectivity index (χ0v) is 18.1. The SMILES string of the molecule is Cc1ccc(C2=C(Nc3cccc(C(F)(F)F)c3)C(=O)N(CCCOC(C)C)C2=O)cc1. The fourth-order valence-corrected chi connectivity index (χ4v) is 3.34. The van der Waals surface area contributed by atoms with Gasteiger partial charge in [-0.1, -0.05) is 35.9 Å². The number of benzene rings is 2. The summed E-state index contributed by atoms with van der Waals surface area (Å²) >= 11 is 0. The van der Waals surface area contributed by atoms with E-state index >= 15 is 0 Å². The maximum absolute atomic E-state index is 13.1. The molecule has 2 amide bonds. The van der Waals surface area contributed by atoms with Crippen molar-refractivity contribution >= 4 is 23.1 Å². The number of ether oxygens (including phenoxy) is 1. The Morgan fingerprint density at radius 3 is 2.34 bits per heavy atom. The standard InChI is InChI=1S/C24H25F3N2O3/c1-15(2)32-13-5-12-29-22(30)20(17-10-8-16(3)9-11-17)21(23(29)31)28-19-7-4-6-18(14-19)24(25,26)27/h4,6-11,14-15,28H,5,12-13H2,1-3H3. The first-order valence-corrected chi connectivity index (χ1v) is 10.3. The highest BCUT2D eigenvalue weighted by Gasteiger charge is 2.39. The Morgan fingerprint density at radius 2 is 1.72 bits per heavy atom. The van der Waals surface area contributed by atoms with Crippen molar-refractivity contribution in [3.05, 3.63) is 70.9 Å². The first-order chi connectivity index (χ1) is 15.1. The van der Waals surface area contributed by atoms with Gasteiger partial charge >= 0.3 is 6.18 Å². The van der Waals surface area contributed by atoms with Gasteiger partial charge in [-0.15, -0.1) is 0 Å². The molecule has 5 nitrogen and oxygen atoms in total. The molecular formula is C24H25F3N2O3. The molecule has 3 rings (SSSR count). The van der Waals surface area contributed by atoms with Gasteiger partial charge in [0.05, 0.1) is 17.2 Å². The first-order valence-electron chi connectivity index (χ1n) is 10.3. The van der Waals surface area contributed by atoms with Crippen molar-refractivity contribution in [1.82, 2.24) is 4.90 Å². The van der Waals surface area contributed by atoms with Crippen molar-refractivity contribution < 1.29 is 27.5 Å². The number of anilines is 1. The number of hydrogen-bond acceptors (Lipinski definition) is 4. The number of carbonyl (C=O) groups excluding carboxylic acids is 2. The maximum Gasteiger partial charge on any atom is 0.416 e. The molecule has 1 aliphatic heterocycles. The van der Waals surface area contributed by atoms with E-state index in [1.807, 2.05) is 20.8 Å². The quantitative estimate of drug-likeness (QED) is 0.457. The van der Waals surface area contributed by atoms with E-state index in [1.54, 1.807) is 24.3 Å². The molecule has 170 valence electrons. The molecule has 0 saturated carbocycles. The van der Waals surface area contributed by atoms with Crippen molar-refractivity contribution in [2.45, 2.75) is 39.5 Å². The normalized spacial score (nSPS) is 14.7. The highest BCUT2D eigenvalue weighted by atomic mass is 19.4. The largest absolute Gasteiger partial charge is 0.416 e. The van der Waals surface area contributed by atoms with E-state index in [9.17, 15) is 22.8 Å². The zero-order valence-electron chi connectivity index (χ0n) is 18.1. The second-order valence-electron chi connectivity index (χ2n) is 7.85. The molecule has 1 heterocycles. The summed E-state index contributed by atoms with van der Waals surface area (Å²) in [6, 6.07) is 11.6. The number of nitrogens with zero attached hydrogens (tertiary/aromatic N) is 1. The van der Waals surface area contributed by atoms with Gasteiger partial charge in [-0.05, 0) is 51.0 Å². The molecule has 8 heteroatoms. The predicted molar refractivity (Wildman–Crippen MR) is 116 cm³/mol. The second-order valence-corrected chi connectivity index (χ2v) is 7.85. The van der Waals surface area contributed by atoms with Gasteiger partial charge in [0, 0.05) is 18.8 Å². The molecular weight excluding hydrogens is 421 g/mol. The molecule has 0 aliphatic carbocycles. The van der Waals surface area contributed by atoms with E-state index < -0.39 is 23.6 Å².